The highest BCUT2D eigenvalue weighted by atomic mass is 28.2. The second-order valence-electron chi connectivity index (χ2n) is 10.9. The lowest BCUT2D eigenvalue weighted by molar-refractivity contribution is 0.660. The minimum Gasteiger partial charge on any atom is -0.0622 e. The van der Waals surface area contributed by atoms with Crippen LogP contribution in [0, 0.1) is 0 Å². The van der Waals surface area contributed by atoms with E-state index in [0.717, 1.165) is 12.1 Å². The van der Waals surface area contributed by atoms with Gasteiger partial charge in [0.25, 0.3) is 0 Å². The summed E-state index contributed by atoms with van der Waals surface area (Å²) in [6.45, 7) is 0. The Morgan fingerprint density at radius 3 is 0.610 bits per heavy atom. The van der Waals surface area contributed by atoms with Crippen molar-refractivity contribution in [1.29, 1.82) is 0 Å². The Kier molecular flexibility index (Phi) is 8.07. The maximum absolute atomic E-state index is 2.33. The summed E-state index contributed by atoms with van der Waals surface area (Å²) in [5.74, 6) is 0. The summed E-state index contributed by atoms with van der Waals surface area (Å²) in [7, 11) is -0.660. The van der Waals surface area contributed by atoms with Gasteiger partial charge in [-0.1, -0.05) is 182 Å². The molecule has 0 saturated carbocycles. The molecule has 0 aliphatic heterocycles. The molecule has 0 unspecified atom stereocenters. The zero-order chi connectivity index (χ0) is 27.8. The molecular formula is C40H36Si. The predicted octanol–water partition coefficient (Wildman–Crippen LogP) is 9.06. The molecule has 0 fully saturated rings. The molecule has 6 rings (SSSR count). The van der Waals surface area contributed by atoms with Crippen molar-refractivity contribution in [2.24, 2.45) is 0 Å². The lowest BCUT2D eigenvalue weighted by Crippen LogP contribution is -2.35. The lowest BCUT2D eigenvalue weighted by atomic mass is 9.70. The van der Waals surface area contributed by atoms with E-state index in [0.29, 0.717) is 0 Å². The van der Waals surface area contributed by atoms with Gasteiger partial charge in [-0.25, -0.2) is 0 Å². The van der Waals surface area contributed by atoms with Crippen molar-refractivity contribution in [3.8, 4) is 0 Å². The van der Waals surface area contributed by atoms with E-state index in [1.165, 1.54) is 33.4 Å². The van der Waals surface area contributed by atoms with Gasteiger partial charge in [0, 0.05) is 20.3 Å². The Morgan fingerprint density at radius 1 is 0.268 bits per heavy atom. The largest absolute Gasteiger partial charge is 0.0622 e. The zero-order valence-electron chi connectivity index (χ0n) is 23.4. The molecule has 0 spiro atoms. The van der Waals surface area contributed by atoms with Gasteiger partial charge in [-0.2, -0.15) is 0 Å². The molecule has 0 aliphatic rings. The van der Waals surface area contributed by atoms with Crippen molar-refractivity contribution < 1.29 is 0 Å². The molecule has 0 aliphatic carbocycles. The molecule has 1 heteroatoms. The average Bonchev–Trinajstić information content (AvgIpc) is 3.08. The first-order valence-electron chi connectivity index (χ1n) is 14.7. The smallest absolute Gasteiger partial charge is 0.0423 e. The minimum atomic E-state index is -0.660. The second kappa shape index (κ2) is 12.4. The van der Waals surface area contributed by atoms with E-state index in [-0.39, 0.29) is 10.8 Å². The Bertz CT molecular complexity index is 1290. The third kappa shape index (κ3) is 5.22. The molecule has 0 bridgehead atoms. The quantitative estimate of drug-likeness (QED) is 0.119. The summed E-state index contributed by atoms with van der Waals surface area (Å²) in [4.78, 5) is 0. The van der Waals surface area contributed by atoms with Gasteiger partial charge in [0.15, 0.2) is 0 Å². The summed E-state index contributed by atoms with van der Waals surface area (Å²) in [6, 6.07) is 69.3. The van der Waals surface area contributed by atoms with E-state index >= 15 is 0 Å². The molecule has 0 aromatic heterocycles. The van der Waals surface area contributed by atoms with Crippen molar-refractivity contribution in [3.05, 3.63) is 215 Å². The highest BCUT2D eigenvalue weighted by molar-refractivity contribution is 6.37. The van der Waals surface area contributed by atoms with E-state index in [2.05, 4.69) is 182 Å². The molecular weight excluding hydrogens is 509 g/mol. The monoisotopic (exact) mass is 544 g/mol. The van der Waals surface area contributed by atoms with Crippen LogP contribution in [0.1, 0.15) is 33.4 Å². The summed E-state index contributed by atoms with van der Waals surface area (Å²) < 4.78 is 0. The molecule has 6 aromatic carbocycles. The maximum atomic E-state index is 2.33. The van der Waals surface area contributed by atoms with Gasteiger partial charge in [-0.05, 0) is 45.5 Å². The van der Waals surface area contributed by atoms with Crippen LogP contribution in [-0.4, -0.2) is 9.52 Å². The van der Waals surface area contributed by atoms with Crippen LogP contribution in [0.25, 0.3) is 0 Å². The SMILES string of the molecule is c1ccc(C(C[SiH2]CC(c2ccccc2)(c2ccccc2)c2ccccc2)(c2ccccc2)c2ccccc2)cc1. The number of benzene rings is 6. The van der Waals surface area contributed by atoms with E-state index < -0.39 is 9.52 Å². The van der Waals surface area contributed by atoms with Crippen LogP contribution in [0.2, 0.25) is 12.1 Å². The van der Waals surface area contributed by atoms with Gasteiger partial charge < -0.3 is 0 Å². The van der Waals surface area contributed by atoms with Crippen LogP contribution >= 0.6 is 0 Å². The normalized spacial score (nSPS) is 11.7. The Labute approximate surface area is 247 Å². The average molecular weight is 545 g/mol. The summed E-state index contributed by atoms with van der Waals surface area (Å²) in [5, 5.41) is 0. The van der Waals surface area contributed by atoms with Crippen molar-refractivity contribution in [1.82, 2.24) is 0 Å². The number of hydrogen-bond acceptors (Lipinski definition) is 0. The van der Waals surface area contributed by atoms with Gasteiger partial charge in [0.2, 0.25) is 0 Å². The van der Waals surface area contributed by atoms with Gasteiger partial charge in [-0.15, -0.1) is 0 Å². The fourth-order valence-corrected chi connectivity index (χ4v) is 9.79. The Balaban J connectivity index is 1.50. The van der Waals surface area contributed by atoms with Gasteiger partial charge in [0.1, 0.15) is 0 Å². The molecule has 0 saturated heterocycles. The molecule has 0 heterocycles. The van der Waals surface area contributed by atoms with E-state index in [1.807, 2.05) is 0 Å². The fourth-order valence-electron chi connectivity index (χ4n) is 6.82. The minimum absolute atomic E-state index is 0.203. The van der Waals surface area contributed by atoms with Crippen molar-refractivity contribution in [2.75, 3.05) is 0 Å². The first-order valence-corrected chi connectivity index (χ1v) is 16.7. The highest BCUT2D eigenvalue weighted by Crippen LogP contribution is 2.46. The van der Waals surface area contributed by atoms with Crippen LogP contribution < -0.4 is 0 Å². The van der Waals surface area contributed by atoms with E-state index in [4.69, 9.17) is 0 Å². The standard InChI is InChI=1S/C40H36Si/c1-7-19-33(20-8-1)39(34-21-9-2-10-22-34,35-23-11-3-12-24-35)31-41-32-40(36-25-13-4-14-26-36,37-27-15-5-16-28-37)38-29-17-6-18-30-38/h1-30H,31-32,41H2. The summed E-state index contributed by atoms with van der Waals surface area (Å²) in [5.41, 5.74) is 7.82. The van der Waals surface area contributed by atoms with Crippen LogP contribution in [-0.2, 0) is 10.8 Å². The topological polar surface area (TPSA) is 0 Å². The zero-order valence-corrected chi connectivity index (χ0v) is 24.9. The van der Waals surface area contributed by atoms with Crippen molar-refractivity contribution >= 4 is 9.52 Å². The van der Waals surface area contributed by atoms with E-state index in [9.17, 15) is 0 Å². The fraction of sp³-hybridized carbons (Fsp3) is 0.100. The maximum Gasteiger partial charge on any atom is 0.0423 e. The van der Waals surface area contributed by atoms with Crippen molar-refractivity contribution in [2.45, 2.75) is 22.9 Å². The number of rotatable bonds is 10. The first-order chi connectivity index (χ1) is 20.3. The van der Waals surface area contributed by atoms with Crippen LogP contribution in [0.15, 0.2) is 182 Å². The van der Waals surface area contributed by atoms with Crippen LogP contribution in [0.3, 0.4) is 0 Å². The third-order valence-corrected chi connectivity index (χ3v) is 10.9. The van der Waals surface area contributed by atoms with Gasteiger partial charge in [0.05, 0.1) is 0 Å². The molecule has 0 amide bonds. The number of hydrogen-bond donors (Lipinski definition) is 0. The lowest BCUT2D eigenvalue weighted by Gasteiger charge is -2.39. The Hall–Kier alpha value is -4.46. The van der Waals surface area contributed by atoms with Crippen molar-refractivity contribution in [3.63, 3.8) is 0 Å². The van der Waals surface area contributed by atoms with Gasteiger partial charge >= 0.3 is 0 Å². The molecule has 0 N–H and O–H groups in total. The molecule has 41 heavy (non-hydrogen) atoms. The first kappa shape index (κ1) is 26.7. The molecule has 0 atom stereocenters. The third-order valence-electron chi connectivity index (χ3n) is 8.70. The molecule has 0 nitrogen and oxygen atoms in total. The highest BCUT2D eigenvalue weighted by Gasteiger charge is 2.40. The molecule has 200 valence electrons. The molecule has 0 radical (unpaired) electrons. The molecule has 6 aromatic rings. The van der Waals surface area contributed by atoms with Crippen LogP contribution in [0.4, 0.5) is 0 Å². The predicted molar refractivity (Wildman–Crippen MR) is 177 cm³/mol. The summed E-state index contributed by atoms with van der Waals surface area (Å²) in [6.07, 6.45) is 0. The van der Waals surface area contributed by atoms with Gasteiger partial charge in [-0.3, -0.25) is 0 Å². The second-order valence-corrected chi connectivity index (χ2v) is 12.6. The van der Waals surface area contributed by atoms with Crippen LogP contribution in [0.5, 0.6) is 0 Å². The Morgan fingerprint density at radius 2 is 0.439 bits per heavy atom. The summed E-state index contributed by atoms with van der Waals surface area (Å²) >= 11 is 0. The van der Waals surface area contributed by atoms with E-state index in [1.54, 1.807) is 0 Å².